The third kappa shape index (κ3) is 6.73. The first-order chi connectivity index (χ1) is 8.11. The lowest BCUT2D eigenvalue weighted by molar-refractivity contribution is 0.253. The second kappa shape index (κ2) is 8.75. The van der Waals surface area contributed by atoms with Gasteiger partial charge in [0.25, 0.3) is 0 Å². The Balaban J connectivity index is 0.00000121. The molecule has 0 atom stereocenters. The number of anilines is 1. The van der Waals surface area contributed by atoms with Crippen LogP contribution in [0.25, 0.3) is 0 Å². The monoisotopic (exact) mass is 240 g/mol. The van der Waals surface area contributed by atoms with Crippen LogP contribution in [-0.2, 0) is 0 Å². The first-order valence-corrected chi connectivity index (χ1v) is 5.93. The fraction of sp³-hybridized carbons (Fsp3) is 0.667. The van der Waals surface area contributed by atoms with Gasteiger partial charge in [0.1, 0.15) is 18.2 Å². The van der Waals surface area contributed by atoms with Crippen molar-refractivity contribution in [3.63, 3.8) is 0 Å². The van der Waals surface area contributed by atoms with Crippen LogP contribution in [0.1, 0.15) is 19.7 Å². The number of aryl methyl sites for hydroxylation is 1. The molecule has 0 aliphatic rings. The molecule has 0 fully saturated rings. The average Bonchev–Trinajstić information content (AvgIpc) is 2.30. The molecule has 1 N–H and O–H groups in total. The summed E-state index contributed by atoms with van der Waals surface area (Å²) in [4.78, 5) is 10.4. The molecule has 0 aromatic carbocycles. The molecule has 0 radical (unpaired) electrons. The number of nitrogens with one attached hydrogen (secondary N) is 1. The highest BCUT2D eigenvalue weighted by Crippen LogP contribution is 2.12. The van der Waals surface area contributed by atoms with E-state index in [2.05, 4.69) is 20.2 Å². The van der Waals surface area contributed by atoms with Gasteiger partial charge in [0, 0.05) is 19.7 Å². The van der Waals surface area contributed by atoms with E-state index < -0.39 is 0 Å². The van der Waals surface area contributed by atoms with Crippen molar-refractivity contribution in [2.24, 2.45) is 0 Å². The zero-order valence-corrected chi connectivity index (χ0v) is 11.7. The van der Waals surface area contributed by atoms with E-state index in [0.717, 1.165) is 12.4 Å². The molecule has 1 heterocycles. The fourth-order valence-corrected chi connectivity index (χ4v) is 1.08. The molecule has 0 bridgehead atoms. The molecule has 0 saturated heterocycles. The summed E-state index contributed by atoms with van der Waals surface area (Å²) in [6.45, 7) is 7.35. The average molecular weight is 240 g/mol. The van der Waals surface area contributed by atoms with Gasteiger partial charge >= 0.3 is 0 Å². The second-order valence-corrected chi connectivity index (χ2v) is 3.54. The van der Waals surface area contributed by atoms with E-state index in [1.54, 1.807) is 6.07 Å². The van der Waals surface area contributed by atoms with Gasteiger partial charge in [-0.2, -0.15) is 4.98 Å². The highest BCUT2D eigenvalue weighted by Gasteiger charge is 2.01. The van der Waals surface area contributed by atoms with Crippen molar-refractivity contribution < 1.29 is 4.74 Å². The fourth-order valence-electron chi connectivity index (χ4n) is 1.08. The summed E-state index contributed by atoms with van der Waals surface area (Å²) in [5.74, 6) is 2.11. The van der Waals surface area contributed by atoms with E-state index in [9.17, 15) is 0 Å². The molecule has 1 rings (SSSR count). The highest BCUT2D eigenvalue weighted by molar-refractivity contribution is 5.37. The minimum atomic E-state index is 0.619. The van der Waals surface area contributed by atoms with Crippen LogP contribution in [0.4, 0.5) is 5.82 Å². The first-order valence-electron chi connectivity index (χ1n) is 5.93. The zero-order chi connectivity index (χ0) is 13.3. The summed E-state index contributed by atoms with van der Waals surface area (Å²) in [5.41, 5.74) is 0. The third-order valence-corrected chi connectivity index (χ3v) is 1.86. The van der Waals surface area contributed by atoms with Crippen LogP contribution >= 0.6 is 0 Å². The lowest BCUT2D eigenvalue weighted by Crippen LogP contribution is -2.19. The third-order valence-electron chi connectivity index (χ3n) is 1.86. The largest absolute Gasteiger partial charge is 0.476 e. The Kier molecular flexibility index (Phi) is 8.05. The summed E-state index contributed by atoms with van der Waals surface area (Å²) in [6.07, 6.45) is 0. The predicted molar refractivity (Wildman–Crippen MR) is 71.7 cm³/mol. The zero-order valence-electron chi connectivity index (χ0n) is 11.7. The molecule has 0 aliphatic heterocycles. The van der Waals surface area contributed by atoms with E-state index in [4.69, 9.17) is 4.74 Å². The van der Waals surface area contributed by atoms with Crippen molar-refractivity contribution in [2.75, 3.05) is 39.6 Å². The molecule has 0 spiro atoms. The van der Waals surface area contributed by atoms with Gasteiger partial charge in [0.2, 0.25) is 5.88 Å². The number of likely N-dealkylation sites (N-methyl/N-ethyl adjacent to an activating group) is 1. The Morgan fingerprint density at radius 3 is 2.47 bits per heavy atom. The van der Waals surface area contributed by atoms with Gasteiger partial charge < -0.3 is 15.0 Å². The number of rotatable bonds is 5. The number of ether oxygens (including phenoxy) is 1. The topological polar surface area (TPSA) is 50.3 Å². The molecule has 0 unspecified atom stereocenters. The first kappa shape index (κ1) is 15.6. The maximum Gasteiger partial charge on any atom is 0.218 e. The Labute approximate surface area is 104 Å². The van der Waals surface area contributed by atoms with Crippen LogP contribution in [0, 0.1) is 6.92 Å². The predicted octanol–water partition coefficient (Wildman–Crippen LogP) is 1.79. The number of hydrogen-bond donors (Lipinski definition) is 1. The van der Waals surface area contributed by atoms with Crippen LogP contribution in [0.2, 0.25) is 0 Å². The van der Waals surface area contributed by atoms with Gasteiger partial charge in [0.15, 0.2) is 0 Å². The molecule has 0 saturated carbocycles. The SMILES string of the molecule is CC.CNc1cc(OCCN(C)C)nc(C)n1. The van der Waals surface area contributed by atoms with Crippen molar-refractivity contribution in [1.29, 1.82) is 0 Å². The van der Waals surface area contributed by atoms with Crippen LogP contribution < -0.4 is 10.1 Å². The van der Waals surface area contributed by atoms with Gasteiger partial charge in [0.05, 0.1) is 0 Å². The summed E-state index contributed by atoms with van der Waals surface area (Å²) in [6, 6.07) is 1.79. The summed E-state index contributed by atoms with van der Waals surface area (Å²) >= 11 is 0. The molecule has 0 amide bonds. The van der Waals surface area contributed by atoms with Gasteiger partial charge in [-0.25, -0.2) is 4.98 Å². The number of aromatic nitrogens is 2. The van der Waals surface area contributed by atoms with Crippen molar-refractivity contribution >= 4 is 5.82 Å². The van der Waals surface area contributed by atoms with Crippen LogP contribution in [0.15, 0.2) is 6.07 Å². The van der Waals surface area contributed by atoms with Crippen LogP contribution in [-0.4, -0.2) is 49.2 Å². The summed E-state index contributed by atoms with van der Waals surface area (Å²) in [7, 11) is 5.84. The van der Waals surface area contributed by atoms with E-state index in [1.807, 2.05) is 41.9 Å². The van der Waals surface area contributed by atoms with Crippen LogP contribution in [0.3, 0.4) is 0 Å². The van der Waals surface area contributed by atoms with E-state index in [0.29, 0.717) is 18.3 Å². The molecule has 1 aromatic heterocycles. The van der Waals surface area contributed by atoms with Gasteiger partial charge in [-0.1, -0.05) is 13.8 Å². The van der Waals surface area contributed by atoms with Crippen molar-refractivity contribution in [2.45, 2.75) is 20.8 Å². The maximum absolute atomic E-state index is 5.51. The molecule has 1 aromatic rings. The van der Waals surface area contributed by atoms with Crippen LogP contribution in [0.5, 0.6) is 5.88 Å². The van der Waals surface area contributed by atoms with E-state index >= 15 is 0 Å². The van der Waals surface area contributed by atoms with Crippen molar-refractivity contribution in [3.8, 4) is 5.88 Å². The van der Waals surface area contributed by atoms with E-state index in [-0.39, 0.29) is 0 Å². The van der Waals surface area contributed by atoms with E-state index in [1.165, 1.54) is 0 Å². The number of hydrogen-bond acceptors (Lipinski definition) is 5. The Hall–Kier alpha value is -1.36. The molecule has 5 heteroatoms. The molecule has 98 valence electrons. The van der Waals surface area contributed by atoms with Crippen molar-refractivity contribution in [1.82, 2.24) is 14.9 Å². The molecule has 5 nitrogen and oxygen atoms in total. The smallest absolute Gasteiger partial charge is 0.218 e. The normalized spacial score (nSPS) is 9.59. The minimum absolute atomic E-state index is 0.619. The Morgan fingerprint density at radius 2 is 1.94 bits per heavy atom. The maximum atomic E-state index is 5.51. The standard InChI is InChI=1S/C10H18N4O.C2H6/c1-8-12-9(11-2)7-10(13-8)15-6-5-14(3)4;1-2/h7H,5-6H2,1-4H3,(H,11,12,13);1-2H3. The quantitative estimate of drug-likeness (QED) is 0.850. The minimum Gasteiger partial charge on any atom is -0.476 e. The highest BCUT2D eigenvalue weighted by atomic mass is 16.5. The molecule has 0 aliphatic carbocycles. The van der Waals surface area contributed by atoms with Gasteiger partial charge in [-0.3, -0.25) is 0 Å². The number of nitrogens with zero attached hydrogens (tertiary/aromatic N) is 3. The molecular weight excluding hydrogens is 216 g/mol. The summed E-state index contributed by atoms with van der Waals surface area (Å²) < 4.78 is 5.51. The van der Waals surface area contributed by atoms with Gasteiger partial charge in [-0.05, 0) is 21.0 Å². The lowest BCUT2D eigenvalue weighted by Gasteiger charge is -2.11. The lowest BCUT2D eigenvalue weighted by atomic mass is 10.5. The van der Waals surface area contributed by atoms with Crippen molar-refractivity contribution in [3.05, 3.63) is 11.9 Å². The molecular formula is C12H24N4O. The van der Waals surface area contributed by atoms with Gasteiger partial charge in [-0.15, -0.1) is 0 Å². The molecule has 17 heavy (non-hydrogen) atoms. The second-order valence-electron chi connectivity index (χ2n) is 3.54. The summed E-state index contributed by atoms with van der Waals surface area (Å²) in [5, 5.41) is 2.97. The Morgan fingerprint density at radius 1 is 1.29 bits per heavy atom. The Bertz CT molecular complexity index is 315.